The minimum Gasteiger partial charge on any atom is -0.480 e. The summed E-state index contributed by atoms with van der Waals surface area (Å²) in [5.74, 6) is -0.391. The first-order valence-electron chi connectivity index (χ1n) is 7.09. The highest BCUT2D eigenvalue weighted by Crippen LogP contribution is 2.45. The van der Waals surface area contributed by atoms with Gasteiger partial charge in [-0.05, 0) is 56.4 Å². The maximum Gasteiger partial charge on any atom is 0.326 e. The van der Waals surface area contributed by atoms with Gasteiger partial charge in [-0.3, -0.25) is 0 Å². The topological polar surface area (TPSA) is 40.5 Å². The number of hydrogen-bond donors (Lipinski definition) is 1. The molecule has 1 aromatic carbocycles. The molecule has 1 N–H and O–H groups in total. The van der Waals surface area contributed by atoms with Crippen LogP contribution in [0, 0.1) is 0 Å². The maximum absolute atomic E-state index is 11.6. The van der Waals surface area contributed by atoms with E-state index in [2.05, 4.69) is 25.7 Å². The molecule has 0 aromatic heterocycles. The normalized spacial score (nSPS) is 22.2. The highest BCUT2D eigenvalue weighted by Gasteiger charge is 2.41. The molecule has 0 amide bonds. The summed E-state index contributed by atoms with van der Waals surface area (Å²) in [4.78, 5) is 13.7. The molecule has 0 fully saturated rings. The molecule has 0 spiro atoms. The van der Waals surface area contributed by atoms with Crippen molar-refractivity contribution in [3.05, 3.63) is 28.8 Å². The Balaban J connectivity index is 2.59. The van der Waals surface area contributed by atoms with Crippen LogP contribution in [0.25, 0.3) is 0 Å². The molecule has 2 rings (SSSR count). The fourth-order valence-electron chi connectivity index (χ4n) is 3.48. The van der Waals surface area contributed by atoms with Gasteiger partial charge >= 0.3 is 5.97 Å². The molecule has 2 atom stereocenters. The van der Waals surface area contributed by atoms with Crippen LogP contribution in [-0.4, -0.2) is 22.7 Å². The Kier molecular flexibility index (Phi) is 4.01. The molecule has 20 heavy (non-hydrogen) atoms. The van der Waals surface area contributed by atoms with E-state index < -0.39 is 12.0 Å². The smallest absolute Gasteiger partial charge is 0.326 e. The van der Waals surface area contributed by atoms with E-state index in [1.807, 2.05) is 25.1 Å². The molecule has 4 heteroatoms. The zero-order chi connectivity index (χ0) is 15.1. The second-order valence-corrected chi connectivity index (χ2v) is 6.69. The predicted octanol–water partition coefficient (Wildman–Crippen LogP) is 4.30. The van der Waals surface area contributed by atoms with Crippen LogP contribution >= 0.6 is 11.6 Å². The Morgan fingerprint density at radius 2 is 2.20 bits per heavy atom. The average molecular weight is 296 g/mol. The Hall–Kier alpha value is -1.22. The van der Waals surface area contributed by atoms with Crippen LogP contribution in [0.3, 0.4) is 0 Å². The maximum atomic E-state index is 11.6. The minimum atomic E-state index is -0.768. The summed E-state index contributed by atoms with van der Waals surface area (Å²) in [6.45, 7) is 8.33. The first kappa shape index (κ1) is 15.2. The summed E-state index contributed by atoms with van der Waals surface area (Å²) in [7, 11) is 0. The van der Waals surface area contributed by atoms with Crippen molar-refractivity contribution in [1.82, 2.24) is 0 Å². The number of fused-ring (bicyclic) bond motifs is 1. The lowest BCUT2D eigenvalue weighted by atomic mass is 9.79. The lowest BCUT2D eigenvalue weighted by Crippen LogP contribution is -2.56. The van der Waals surface area contributed by atoms with Gasteiger partial charge in [0.25, 0.3) is 0 Å². The van der Waals surface area contributed by atoms with Gasteiger partial charge < -0.3 is 10.0 Å². The van der Waals surface area contributed by atoms with Crippen LogP contribution in [0.2, 0.25) is 5.02 Å². The lowest BCUT2D eigenvalue weighted by molar-refractivity contribution is -0.139. The van der Waals surface area contributed by atoms with Crippen LogP contribution in [0.5, 0.6) is 0 Å². The van der Waals surface area contributed by atoms with E-state index in [1.54, 1.807) is 0 Å². The number of halogens is 1. The van der Waals surface area contributed by atoms with Gasteiger partial charge in [0.05, 0.1) is 0 Å². The van der Waals surface area contributed by atoms with Crippen molar-refractivity contribution >= 4 is 23.3 Å². The third-order valence-corrected chi connectivity index (χ3v) is 4.46. The van der Waals surface area contributed by atoms with Gasteiger partial charge in [0.1, 0.15) is 6.04 Å². The molecule has 0 saturated heterocycles. The fourth-order valence-corrected chi connectivity index (χ4v) is 3.66. The molecule has 0 aliphatic carbocycles. The SMILES string of the molecule is CC[C@@H](C(=O)O)N1c2ccc(Cl)cc2[C@H](C)CC1(C)C. The number of aliphatic carboxylic acids is 1. The number of nitrogens with zero attached hydrogens (tertiary/aromatic N) is 1. The number of carboxylic acids is 1. The monoisotopic (exact) mass is 295 g/mol. The van der Waals surface area contributed by atoms with Gasteiger partial charge in [-0.15, -0.1) is 0 Å². The van der Waals surface area contributed by atoms with Gasteiger partial charge in [-0.2, -0.15) is 0 Å². The number of carbonyl (C=O) groups is 1. The van der Waals surface area contributed by atoms with Gasteiger partial charge in [0, 0.05) is 16.2 Å². The second-order valence-electron chi connectivity index (χ2n) is 6.25. The van der Waals surface area contributed by atoms with Crippen LogP contribution in [0.15, 0.2) is 18.2 Å². The van der Waals surface area contributed by atoms with Crippen molar-refractivity contribution in [3.63, 3.8) is 0 Å². The zero-order valence-electron chi connectivity index (χ0n) is 12.5. The lowest BCUT2D eigenvalue weighted by Gasteiger charge is -2.50. The van der Waals surface area contributed by atoms with Gasteiger partial charge in [-0.1, -0.05) is 25.4 Å². The Labute approximate surface area is 125 Å². The molecule has 0 unspecified atom stereocenters. The molecular formula is C16H22ClNO2. The van der Waals surface area contributed by atoms with E-state index in [1.165, 1.54) is 0 Å². The van der Waals surface area contributed by atoms with Gasteiger partial charge in [-0.25, -0.2) is 4.79 Å². The molecule has 3 nitrogen and oxygen atoms in total. The van der Waals surface area contributed by atoms with E-state index in [0.29, 0.717) is 17.4 Å². The summed E-state index contributed by atoms with van der Waals surface area (Å²) in [5, 5.41) is 10.2. The first-order valence-corrected chi connectivity index (χ1v) is 7.47. The van der Waals surface area contributed by atoms with E-state index in [0.717, 1.165) is 17.7 Å². The molecular weight excluding hydrogens is 274 g/mol. The van der Waals surface area contributed by atoms with Crippen molar-refractivity contribution in [1.29, 1.82) is 0 Å². The van der Waals surface area contributed by atoms with E-state index in [9.17, 15) is 9.90 Å². The molecule has 0 bridgehead atoms. The number of anilines is 1. The second kappa shape index (κ2) is 5.28. The Morgan fingerprint density at radius 3 is 2.75 bits per heavy atom. The molecule has 1 aliphatic rings. The van der Waals surface area contributed by atoms with Crippen molar-refractivity contribution in [2.45, 2.75) is 58.0 Å². The van der Waals surface area contributed by atoms with Crippen LogP contribution < -0.4 is 4.90 Å². The van der Waals surface area contributed by atoms with E-state index >= 15 is 0 Å². The van der Waals surface area contributed by atoms with Crippen LogP contribution in [-0.2, 0) is 4.79 Å². The third-order valence-electron chi connectivity index (χ3n) is 4.22. The highest BCUT2D eigenvalue weighted by atomic mass is 35.5. The number of carboxylic acid groups (broad SMARTS) is 1. The molecule has 1 heterocycles. The van der Waals surface area contributed by atoms with Crippen molar-refractivity contribution in [2.75, 3.05) is 4.90 Å². The highest BCUT2D eigenvalue weighted by molar-refractivity contribution is 6.30. The summed E-state index contributed by atoms with van der Waals surface area (Å²) in [6, 6.07) is 5.27. The number of benzene rings is 1. The summed E-state index contributed by atoms with van der Waals surface area (Å²) < 4.78 is 0. The number of hydrogen-bond acceptors (Lipinski definition) is 2. The third kappa shape index (κ3) is 2.51. The van der Waals surface area contributed by atoms with Gasteiger partial charge in [0.2, 0.25) is 0 Å². The fraction of sp³-hybridized carbons (Fsp3) is 0.562. The molecule has 1 aromatic rings. The molecule has 110 valence electrons. The zero-order valence-corrected chi connectivity index (χ0v) is 13.2. The largest absolute Gasteiger partial charge is 0.480 e. The first-order chi connectivity index (χ1) is 9.27. The van der Waals surface area contributed by atoms with E-state index in [4.69, 9.17) is 11.6 Å². The van der Waals surface area contributed by atoms with Crippen LogP contribution in [0.4, 0.5) is 5.69 Å². The summed E-state index contributed by atoms with van der Waals surface area (Å²) in [6.07, 6.45) is 1.50. The van der Waals surface area contributed by atoms with E-state index in [-0.39, 0.29) is 5.54 Å². The predicted molar refractivity (Wildman–Crippen MR) is 82.8 cm³/mol. The number of rotatable bonds is 3. The standard InChI is InChI=1S/C16H22ClNO2/c1-5-13(15(19)20)18-14-7-6-11(17)8-12(14)10(2)9-16(18,3)4/h6-8,10,13H,5,9H2,1-4H3,(H,19,20)/t10-,13+/m1/s1. The quantitative estimate of drug-likeness (QED) is 0.904. The van der Waals surface area contributed by atoms with Crippen molar-refractivity contribution < 1.29 is 9.90 Å². The summed E-state index contributed by atoms with van der Waals surface area (Å²) in [5.41, 5.74) is 1.98. The van der Waals surface area contributed by atoms with Crippen molar-refractivity contribution in [3.8, 4) is 0 Å². The van der Waals surface area contributed by atoms with Crippen LogP contribution in [0.1, 0.15) is 52.0 Å². The molecule has 1 aliphatic heterocycles. The minimum absolute atomic E-state index is 0.181. The average Bonchev–Trinajstić information content (AvgIpc) is 2.33. The summed E-state index contributed by atoms with van der Waals surface area (Å²) >= 11 is 6.10. The molecule has 0 radical (unpaired) electrons. The van der Waals surface area contributed by atoms with Crippen molar-refractivity contribution in [2.24, 2.45) is 0 Å². The Bertz CT molecular complexity index is 527. The van der Waals surface area contributed by atoms with Gasteiger partial charge in [0.15, 0.2) is 0 Å². The molecule has 0 saturated carbocycles. The Morgan fingerprint density at radius 1 is 1.55 bits per heavy atom.